The van der Waals surface area contributed by atoms with Gasteiger partial charge in [-0.1, -0.05) is 34.6 Å². The third-order valence-corrected chi connectivity index (χ3v) is 7.49. The summed E-state index contributed by atoms with van der Waals surface area (Å²) in [4.78, 5) is 54.0. The number of nitrogens with one attached hydrogen (secondary N) is 1. The first-order valence-corrected chi connectivity index (χ1v) is 14.6. The van der Waals surface area contributed by atoms with Crippen LogP contribution in [-0.2, 0) is 14.9 Å². The summed E-state index contributed by atoms with van der Waals surface area (Å²) < 4.78 is 5.17. The normalized spacial score (nSPS) is 20.0. The van der Waals surface area contributed by atoms with Crippen LogP contribution in [0.2, 0.25) is 0 Å². The molecule has 3 rings (SSSR count). The van der Waals surface area contributed by atoms with Gasteiger partial charge in [0.05, 0.1) is 12.0 Å². The van der Waals surface area contributed by atoms with Gasteiger partial charge in [-0.25, -0.2) is 14.8 Å². The van der Waals surface area contributed by atoms with Crippen molar-refractivity contribution in [1.29, 1.82) is 0 Å². The summed E-state index contributed by atoms with van der Waals surface area (Å²) in [6, 6.07) is -0.442. The van der Waals surface area contributed by atoms with E-state index in [0.29, 0.717) is 56.4 Å². The van der Waals surface area contributed by atoms with E-state index in [1.165, 1.54) is 4.90 Å². The third kappa shape index (κ3) is 8.28. The van der Waals surface area contributed by atoms with E-state index in [1.807, 2.05) is 39.5 Å². The van der Waals surface area contributed by atoms with Gasteiger partial charge >= 0.3 is 6.09 Å². The smallest absolute Gasteiger partial charge is 0.407 e. The van der Waals surface area contributed by atoms with Crippen LogP contribution in [0.3, 0.4) is 0 Å². The van der Waals surface area contributed by atoms with Crippen LogP contribution in [0.4, 0.5) is 10.6 Å². The van der Waals surface area contributed by atoms with E-state index in [1.54, 1.807) is 18.2 Å². The molecule has 2 saturated heterocycles. The van der Waals surface area contributed by atoms with E-state index < -0.39 is 18.1 Å². The molecule has 40 heavy (non-hydrogen) atoms. The molecule has 0 spiro atoms. The summed E-state index contributed by atoms with van der Waals surface area (Å²) in [5.41, 5.74) is 0.0349. The van der Waals surface area contributed by atoms with Crippen LogP contribution in [0.1, 0.15) is 82.9 Å². The summed E-state index contributed by atoms with van der Waals surface area (Å²) >= 11 is 0. The van der Waals surface area contributed by atoms with E-state index in [2.05, 4.69) is 10.3 Å². The van der Waals surface area contributed by atoms with E-state index in [9.17, 15) is 19.5 Å². The Labute approximate surface area is 238 Å². The zero-order valence-corrected chi connectivity index (χ0v) is 25.1. The first-order valence-electron chi connectivity index (χ1n) is 14.6. The summed E-state index contributed by atoms with van der Waals surface area (Å²) in [6.45, 7) is 13.4. The highest BCUT2D eigenvalue weighted by Gasteiger charge is 2.40. The Morgan fingerprint density at radius 3 is 2.45 bits per heavy atom. The molecule has 0 saturated carbocycles. The van der Waals surface area contributed by atoms with Crippen LogP contribution in [-0.4, -0.2) is 107 Å². The predicted molar refractivity (Wildman–Crippen MR) is 154 cm³/mol. The monoisotopic (exact) mass is 560 g/mol. The molecule has 0 radical (unpaired) electrons. The largest absolute Gasteiger partial charge is 0.465 e. The maximum Gasteiger partial charge on any atom is 0.407 e. The van der Waals surface area contributed by atoms with Crippen molar-refractivity contribution in [3.63, 3.8) is 0 Å². The fourth-order valence-electron chi connectivity index (χ4n) is 5.41. The van der Waals surface area contributed by atoms with Gasteiger partial charge in [-0.3, -0.25) is 9.59 Å². The lowest BCUT2D eigenvalue weighted by Gasteiger charge is -2.43. The molecular weight excluding hydrogens is 512 g/mol. The zero-order valence-electron chi connectivity index (χ0n) is 25.1. The molecule has 2 fully saturated rings. The molecule has 0 unspecified atom stereocenters. The minimum Gasteiger partial charge on any atom is -0.465 e. The number of hydrogen-bond donors (Lipinski definition) is 2. The predicted octanol–water partition coefficient (Wildman–Crippen LogP) is 3.70. The van der Waals surface area contributed by atoms with Crippen molar-refractivity contribution in [3.05, 3.63) is 17.6 Å². The first kappa shape index (κ1) is 31.6. The number of anilines is 1. The maximum atomic E-state index is 14.2. The van der Waals surface area contributed by atoms with Crippen molar-refractivity contribution in [2.24, 2.45) is 11.8 Å². The van der Waals surface area contributed by atoms with Gasteiger partial charge in [-0.15, -0.1) is 0 Å². The van der Waals surface area contributed by atoms with E-state index in [-0.39, 0.29) is 36.2 Å². The molecule has 11 nitrogen and oxygen atoms in total. The highest BCUT2D eigenvalue weighted by atomic mass is 16.5. The fraction of sp³-hybridized carbons (Fsp3) is 0.759. The lowest BCUT2D eigenvalue weighted by molar-refractivity contribution is -0.138. The number of carboxylic acid groups (broad SMARTS) is 1. The van der Waals surface area contributed by atoms with Crippen LogP contribution in [0.15, 0.2) is 6.20 Å². The number of amides is 3. The molecule has 2 aliphatic rings. The van der Waals surface area contributed by atoms with Crippen molar-refractivity contribution >= 4 is 23.7 Å². The van der Waals surface area contributed by atoms with Crippen molar-refractivity contribution in [1.82, 2.24) is 24.7 Å². The molecule has 1 aromatic rings. The SMILES string of the molecule is COCCCNc1nc(C(C)(C)C)ncc1C(=O)N(CC(C)C)[C@H]1C[C@@H](C(=O)N2CCCCC2)CN(C(=O)O)C1. The molecule has 2 N–H and O–H groups in total. The number of carbonyl (C=O) groups is 3. The Hall–Kier alpha value is -2.95. The molecule has 11 heteroatoms. The average molecular weight is 561 g/mol. The Kier molecular flexibility index (Phi) is 11.1. The molecule has 3 amide bonds. The molecule has 2 aliphatic heterocycles. The van der Waals surface area contributed by atoms with Gasteiger partial charge in [0.15, 0.2) is 0 Å². The number of nitrogens with zero attached hydrogens (tertiary/aromatic N) is 5. The number of piperidine rings is 2. The van der Waals surface area contributed by atoms with E-state index in [4.69, 9.17) is 9.72 Å². The zero-order chi connectivity index (χ0) is 29.4. The summed E-state index contributed by atoms with van der Waals surface area (Å²) in [5, 5.41) is 13.2. The minimum absolute atomic E-state index is 0.00837. The topological polar surface area (TPSA) is 128 Å². The first-order chi connectivity index (χ1) is 18.9. The quantitative estimate of drug-likeness (QED) is 0.415. The Bertz CT molecular complexity index is 1020. The maximum absolute atomic E-state index is 14.2. The molecule has 0 bridgehead atoms. The lowest BCUT2D eigenvalue weighted by Crippen LogP contribution is -2.57. The van der Waals surface area contributed by atoms with Crippen LogP contribution < -0.4 is 5.32 Å². The van der Waals surface area contributed by atoms with Gasteiger partial charge in [0.2, 0.25) is 5.91 Å². The fourth-order valence-corrected chi connectivity index (χ4v) is 5.41. The summed E-state index contributed by atoms with van der Waals surface area (Å²) in [7, 11) is 1.65. The van der Waals surface area contributed by atoms with Crippen molar-refractivity contribution < 1.29 is 24.2 Å². The Morgan fingerprint density at radius 1 is 1.15 bits per heavy atom. The second kappa shape index (κ2) is 14.1. The second-order valence-corrected chi connectivity index (χ2v) is 12.5. The number of rotatable bonds is 10. The molecule has 224 valence electrons. The number of carbonyl (C=O) groups excluding carboxylic acids is 2. The second-order valence-electron chi connectivity index (χ2n) is 12.5. The van der Waals surface area contributed by atoms with Gasteiger partial charge in [-0.05, 0) is 38.0 Å². The van der Waals surface area contributed by atoms with E-state index >= 15 is 0 Å². The van der Waals surface area contributed by atoms with Crippen molar-refractivity contribution in [2.45, 2.75) is 78.2 Å². The molecular formula is C29H48N6O5. The van der Waals surface area contributed by atoms with Gasteiger partial charge < -0.3 is 29.9 Å². The Balaban J connectivity index is 1.94. The molecule has 0 aromatic carbocycles. The van der Waals surface area contributed by atoms with Crippen LogP contribution >= 0.6 is 0 Å². The van der Waals surface area contributed by atoms with Crippen molar-refractivity contribution in [3.8, 4) is 0 Å². The number of methoxy groups -OCH3 is 1. The highest BCUT2D eigenvalue weighted by molar-refractivity contribution is 5.98. The van der Waals surface area contributed by atoms with Gasteiger partial charge in [0.1, 0.15) is 17.2 Å². The number of hydrogen-bond acceptors (Lipinski definition) is 7. The molecule has 1 aromatic heterocycles. The molecule has 2 atom stereocenters. The highest BCUT2D eigenvalue weighted by Crippen LogP contribution is 2.28. The molecule has 3 heterocycles. The third-order valence-electron chi connectivity index (χ3n) is 7.49. The number of likely N-dealkylation sites (tertiary alicyclic amines) is 2. The minimum atomic E-state index is -1.07. The van der Waals surface area contributed by atoms with E-state index in [0.717, 1.165) is 25.7 Å². The van der Waals surface area contributed by atoms with Crippen LogP contribution in [0.25, 0.3) is 0 Å². The lowest BCUT2D eigenvalue weighted by atomic mass is 9.90. The van der Waals surface area contributed by atoms with Crippen molar-refractivity contribution in [2.75, 3.05) is 58.3 Å². The average Bonchev–Trinajstić information content (AvgIpc) is 2.92. The molecule has 0 aliphatic carbocycles. The van der Waals surface area contributed by atoms with Crippen LogP contribution in [0, 0.1) is 11.8 Å². The standard InChI is InChI=1S/C29H48N6O5/c1-20(2)17-35(22-15-21(18-34(19-22)28(38)39)25(36)33-12-8-7-9-13-33)26(37)23-16-31-27(29(3,4)5)32-24(23)30-11-10-14-40-6/h16,20-22H,7-15,17-19H2,1-6H3,(H,38,39)(H,30,31,32)/t21-,22+/m1/s1. The van der Waals surface area contributed by atoms with Crippen LogP contribution in [0.5, 0.6) is 0 Å². The summed E-state index contributed by atoms with van der Waals surface area (Å²) in [5.74, 6) is 0.461. The van der Waals surface area contributed by atoms with Gasteiger partial charge in [-0.2, -0.15) is 0 Å². The Morgan fingerprint density at radius 2 is 1.85 bits per heavy atom. The number of ether oxygens (including phenoxy) is 1. The summed E-state index contributed by atoms with van der Waals surface area (Å²) in [6.07, 6.45) is 4.71. The van der Waals surface area contributed by atoms with Gasteiger partial charge in [0.25, 0.3) is 5.91 Å². The van der Waals surface area contributed by atoms with Gasteiger partial charge in [0, 0.05) is 64.6 Å². The number of aromatic nitrogens is 2.